The van der Waals surface area contributed by atoms with Crippen LogP contribution in [0.5, 0.6) is 0 Å². The molecule has 0 saturated heterocycles. The molecular formula is C10H6FNO. The number of benzene rings is 1. The average Bonchev–Trinajstić information content (AvgIpc) is 2.41. The molecule has 0 heterocycles. The summed E-state index contributed by atoms with van der Waals surface area (Å²) < 4.78 is 13.5. The lowest BCUT2D eigenvalue weighted by Gasteiger charge is -2.04. The highest BCUT2D eigenvalue weighted by atomic mass is 19.1. The predicted molar refractivity (Wildman–Crippen MR) is 43.9 cm³/mol. The first-order valence-corrected chi connectivity index (χ1v) is 3.90. The fraction of sp³-hybridized carbons (Fsp3) is 0.200. The van der Waals surface area contributed by atoms with Gasteiger partial charge in [-0.3, -0.25) is 4.79 Å². The van der Waals surface area contributed by atoms with Gasteiger partial charge in [-0.2, -0.15) is 5.26 Å². The summed E-state index contributed by atoms with van der Waals surface area (Å²) in [7, 11) is 0. The molecule has 0 fully saturated rings. The number of Topliss-reactive ketones (excluding diaryl/α,β-unsaturated/α-hetero) is 1. The topological polar surface area (TPSA) is 40.9 Å². The molecule has 0 aliphatic heterocycles. The molecule has 1 atom stereocenters. The molecule has 2 rings (SSSR count). The van der Waals surface area contributed by atoms with E-state index in [1.807, 2.05) is 0 Å². The maximum Gasteiger partial charge on any atom is 0.261 e. The standard InChI is InChI=1S/C10H6FNO/c11-10(6-12)5-7-3-1-2-4-8(7)9(10)13/h1-4H,5H2/t10-/m0/s1. The Balaban J connectivity index is 2.57. The molecular weight excluding hydrogens is 169 g/mol. The van der Waals surface area contributed by atoms with Crippen LogP contribution in [0.4, 0.5) is 4.39 Å². The van der Waals surface area contributed by atoms with Gasteiger partial charge in [-0.15, -0.1) is 0 Å². The molecule has 0 N–H and O–H groups in total. The van der Waals surface area contributed by atoms with Gasteiger partial charge in [-0.1, -0.05) is 24.3 Å². The van der Waals surface area contributed by atoms with Crippen LogP contribution in [-0.4, -0.2) is 11.5 Å². The van der Waals surface area contributed by atoms with Gasteiger partial charge in [0.25, 0.3) is 5.67 Å². The number of rotatable bonds is 0. The second kappa shape index (κ2) is 2.40. The highest BCUT2D eigenvalue weighted by Gasteiger charge is 2.46. The van der Waals surface area contributed by atoms with E-state index in [4.69, 9.17) is 5.26 Å². The number of nitriles is 1. The largest absolute Gasteiger partial charge is 0.289 e. The Morgan fingerprint density at radius 3 is 2.77 bits per heavy atom. The number of ketones is 1. The van der Waals surface area contributed by atoms with E-state index in [1.54, 1.807) is 24.3 Å². The summed E-state index contributed by atoms with van der Waals surface area (Å²) in [5, 5.41) is 8.52. The Morgan fingerprint density at radius 1 is 1.46 bits per heavy atom. The summed E-state index contributed by atoms with van der Waals surface area (Å²) in [5.74, 6) is -0.703. The van der Waals surface area contributed by atoms with Gasteiger partial charge in [0.15, 0.2) is 0 Å². The zero-order chi connectivity index (χ0) is 9.47. The van der Waals surface area contributed by atoms with Crippen LogP contribution < -0.4 is 0 Å². The lowest BCUT2D eigenvalue weighted by atomic mass is 10.0. The Hall–Kier alpha value is -1.69. The Morgan fingerprint density at radius 2 is 2.15 bits per heavy atom. The van der Waals surface area contributed by atoms with E-state index in [0.717, 1.165) is 0 Å². The molecule has 1 aliphatic carbocycles. The van der Waals surface area contributed by atoms with Crippen molar-refractivity contribution in [3.05, 3.63) is 35.4 Å². The molecule has 13 heavy (non-hydrogen) atoms. The van der Waals surface area contributed by atoms with E-state index in [2.05, 4.69) is 0 Å². The van der Waals surface area contributed by atoms with E-state index < -0.39 is 11.5 Å². The minimum atomic E-state index is -2.33. The van der Waals surface area contributed by atoms with Crippen molar-refractivity contribution >= 4 is 5.78 Å². The molecule has 0 unspecified atom stereocenters. The van der Waals surface area contributed by atoms with E-state index in [9.17, 15) is 9.18 Å². The van der Waals surface area contributed by atoms with Gasteiger partial charge in [-0.05, 0) is 5.56 Å². The summed E-state index contributed by atoms with van der Waals surface area (Å²) in [6, 6.07) is 8.04. The smallest absolute Gasteiger partial charge is 0.261 e. The number of fused-ring (bicyclic) bond motifs is 1. The van der Waals surface area contributed by atoms with Gasteiger partial charge >= 0.3 is 0 Å². The summed E-state index contributed by atoms with van der Waals surface area (Å²) in [4.78, 5) is 11.4. The van der Waals surface area contributed by atoms with Crippen LogP contribution in [0.1, 0.15) is 15.9 Å². The Bertz CT molecular complexity index is 421. The molecule has 2 nitrogen and oxygen atoms in total. The quantitative estimate of drug-likeness (QED) is 0.601. The fourth-order valence-corrected chi connectivity index (χ4v) is 1.54. The van der Waals surface area contributed by atoms with E-state index in [-0.39, 0.29) is 6.42 Å². The molecule has 0 saturated carbocycles. The first-order chi connectivity index (χ1) is 6.17. The van der Waals surface area contributed by atoms with Crippen molar-refractivity contribution in [3.8, 4) is 6.07 Å². The number of halogens is 1. The molecule has 3 heteroatoms. The van der Waals surface area contributed by atoms with Crippen molar-refractivity contribution < 1.29 is 9.18 Å². The van der Waals surface area contributed by atoms with Crippen molar-refractivity contribution in [2.24, 2.45) is 0 Å². The van der Waals surface area contributed by atoms with Crippen LogP contribution in [0, 0.1) is 11.3 Å². The number of hydrogen-bond acceptors (Lipinski definition) is 2. The minimum absolute atomic E-state index is 0.113. The van der Waals surface area contributed by atoms with Crippen LogP contribution in [0.3, 0.4) is 0 Å². The van der Waals surface area contributed by atoms with Crippen LogP contribution >= 0.6 is 0 Å². The predicted octanol–water partition coefficient (Wildman–Crippen LogP) is 1.66. The molecule has 1 aromatic rings. The summed E-state index contributed by atoms with van der Waals surface area (Å²) in [6.45, 7) is 0. The number of carbonyl (C=O) groups excluding carboxylic acids is 1. The van der Waals surface area contributed by atoms with Gasteiger partial charge in [0.05, 0.1) is 0 Å². The molecule has 0 bridgehead atoms. The zero-order valence-electron chi connectivity index (χ0n) is 6.75. The monoisotopic (exact) mass is 175 g/mol. The Kier molecular flexibility index (Phi) is 1.46. The van der Waals surface area contributed by atoms with Crippen LogP contribution in [0.2, 0.25) is 0 Å². The average molecular weight is 175 g/mol. The number of hydrogen-bond donors (Lipinski definition) is 0. The van der Waals surface area contributed by atoms with Gasteiger partial charge in [-0.25, -0.2) is 4.39 Å². The lowest BCUT2D eigenvalue weighted by Crippen LogP contribution is -2.27. The first kappa shape index (κ1) is 7.93. The second-order valence-corrected chi connectivity index (χ2v) is 3.08. The SMILES string of the molecule is N#C[C@@]1(F)Cc2ccccc2C1=O. The number of nitrogens with zero attached hydrogens (tertiary/aromatic N) is 1. The third kappa shape index (κ3) is 0.955. The van der Waals surface area contributed by atoms with Gasteiger partial charge in [0, 0.05) is 12.0 Å². The van der Waals surface area contributed by atoms with Crippen molar-refractivity contribution in [1.29, 1.82) is 5.26 Å². The third-order valence-electron chi connectivity index (χ3n) is 2.23. The molecule has 1 aromatic carbocycles. The fourth-order valence-electron chi connectivity index (χ4n) is 1.54. The highest BCUT2D eigenvalue weighted by Crippen LogP contribution is 2.32. The Labute approximate surface area is 74.6 Å². The van der Waals surface area contributed by atoms with E-state index in [0.29, 0.717) is 11.1 Å². The maximum atomic E-state index is 13.5. The highest BCUT2D eigenvalue weighted by molar-refractivity contribution is 6.08. The van der Waals surface area contributed by atoms with Gasteiger partial charge in [0.2, 0.25) is 5.78 Å². The molecule has 1 aliphatic rings. The van der Waals surface area contributed by atoms with Crippen LogP contribution in [-0.2, 0) is 6.42 Å². The van der Waals surface area contributed by atoms with Crippen molar-refractivity contribution in [2.75, 3.05) is 0 Å². The molecule has 64 valence electrons. The second-order valence-electron chi connectivity index (χ2n) is 3.08. The van der Waals surface area contributed by atoms with Gasteiger partial charge < -0.3 is 0 Å². The number of alkyl halides is 1. The van der Waals surface area contributed by atoms with Crippen molar-refractivity contribution in [1.82, 2.24) is 0 Å². The number of carbonyl (C=O) groups is 1. The normalized spacial score (nSPS) is 25.4. The third-order valence-corrected chi connectivity index (χ3v) is 2.23. The summed E-state index contributed by atoms with van der Waals surface area (Å²) in [5.41, 5.74) is -1.37. The van der Waals surface area contributed by atoms with E-state index in [1.165, 1.54) is 6.07 Å². The van der Waals surface area contributed by atoms with Crippen LogP contribution in [0.25, 0.3) is 0 Å². The van der Waals surface area contributed by atoms with Crippen molar-refractivity contribution in [2.45, 2.75) is 12.1 Å². The molecule has 0 amide bonds. The molecule has 0 radical (unpaired) electrons. The van der Waals surface area contributed by atoms with Gasteiger partial charge in [0.1, 0.15) is 6.07 Å². The summed E-state index contributed by atoms with van der Waals surface area (Å²) in [6.07, 6.45) is -0.113. The van der Waals surface area contributed by atoms with Crippen molar-refractivity contribution in [3.63, 3.8) is 0 Å². The maximum absolute atomic E-state index is 13.5. The van der Waals surface area contributed by atoms with E-state index >= 15 is 0 Å². The minimum Gasteiger partial charge on any atom is -0.289 e. The molecule has 0 aromatic heterocycles. The first-order valence-electron chi connectivity index (χ1n) is 3.90. The van der Waals surface area contributed by atoms with Crippen LogP contribution in [0.15, 0.2) is 24.3 Å². The zero-order valence-corrected chi connectivity index (χ0v) is 6.75. The molecule has 0 spiro atoms. The summed E-state index contributed by atoms with van der Waals surface area (Å²) >= 11 is 0. The lowest BCUT2D eigenvalue weighted by molar-refractivity contribution is 0.0820.